The highest BCUT2D eigenvalue weighted by Gasteiger charge is 2.16. The predicted molar refractivity (Wildman–Crippen MR) is 118 cm³/mol. The average Bonchev–Trinajstić information content (AvgIpc) is 2.82. The van der Waals surface area contributed by atoms with Gasteiger partial charge >= 0.3 is 0 Å². The molecule has 1 aromatic carbocycles. The van der Waals surface area contributed by atoms with Crippen molar-refractivity contribution in [3.8, 4) is 11.3 Å². The van der Waals surface area contributed by atoms with Gasteiger partial charge in [-0.3, -0.25) is 4.79 Å². The van der Waals surface area contributed by atoms with Gasteiger partial charge in [0.15, 0.2) is 0 Å². The minimum Gasteiger partial charge on any atom is -0.369 e. The van der Waals surface area contributed by atoms with Gasteiger partial charge in [0, 0.05) is 48.9 Å². The fourth-order valence-electron chi connectivity index (χ4n) is 3.31. The number of aromatic nitrogens is 6. The first-order valence-corrected chi connectivity index (χ1v) is 9.87. The summed E-state index contributed by atoms with van der Waals surface area (Å²) >= 11 is 0. The van der Waals surface area contributed by atoms with Crippen LogP contribution in [0.4, 0.5) is 5.82 Å². The SMILES string of the molecule is CNC(=O)c1ncnc2c([C@H](C)CNc3cc(-c4cnc(C)nc4)ncn3)cccc12. The molecule has 0 fully saturated rings. The minimum absolute atomic E-state index is 0.109. The molecule has 0 aliphatic carbocycles. The molecule has 0 spiro atoms. The summed E-state index contributed by atoms with van der Waals surface area (Å²) in [6.45, 7) is 4.56. The summed E-state index contributed by atoms with van der Waals surface area (Å²) in [5.41, 5.74) is 3.74. The Morgan fingerprint density at radius 1 is 1.03 bits per heavy atom. The highest BCUT2D eigenvalue weighted by Crippen LogP contribution is 2.26. The van der Waals surface area contributed by atoms with E-state index in [1.54, 1.807) is 19.4 Å². The summed E-state index contributed by atoms with van der Waals surface area (Å²) in [7, 11) is 1.59. The van der Waals surface area contributed by atoms with Crippen molar-refractivity contribution in [3.63, 3.8) is 0 Å². The summed E-state index contributed by atoms with van der Waals surface area (Å²) < 4.78 is 0. The van der Waals surface area contributed by atoms with E-state index in [0.29, 0.717) is 23.9 Å². The van der Waals surface area contributed by atoms with Gasteiger partial charge < -0.3 is 10.6 Å². The molecular formula is C22H22N8O. The molecule has 0 aliphatic heterocycles. The lowest BCUT2D eigenvalue weighted by Gasteiger charge is -2.16. The molecule has 156 valence electrons. The molecule has 2 N–H and O–H groups in total. The maximum atomic E-state index is 12.1. The van der Waals surface area contributed by atoms with E-state index in [9.17, 15) is 4.79 Å². The van der Waals surface area contributed by atoms with Crippen molar-refractivity contribution in [2.45, 2.75) is 19.8 Å². The maximum Gasteiger partial charge on any atom is 0.270 e. The summed E-state index contributed by atoms with van der Waals surface area (Å²) in [6, 6.07) is 7.67. The van der Waals surface area contributed by atoms with Crippen LogP contribution in [0.5, 0.6) is 0 Å². The van der Waals surface area contributed by atoms with Crippen LogP contribution in [0.2, 0.25) is 0 Å². The number of anilines is 1. The molecule has 1 atom stereocenters. The molecule has 31 heavy (non-hydrogen) atoms. The Bertz CT molecular complexity index is 1230. The fourth-order valence-corrected chi connectivity index (χ4v) is 3.31. The van der Waals surface area contributed by atoms with Crippen LogP contribution < -0.4 is 10.6 Å². The molecule has 0 saturated carbocycles. The standard InChI is InChI=1S/C22H22N8O/c1-13(16-5-4-6-17-20(16)29-12-30-21(17)22(31)23-3)8-26-19-7-18(27-11-28-19)15-9-24-14(2)25-10-15/h4-7,9-13H,8H2,1-3H3,(H,23,31)(H,26,27,28)/t13-/m1/s1. The smallest absolute Gasteiger partial charge is 0.270 e. The zero-order valence-corrected chi connectivity index (χ0v) is 17.5. The van der Waals surface area contributed by atoms with E-state index >= 15 is 0 Å². The number of nitrogens with zero attached hydrogens (tertiary/aromatic N) is 6. The van der Waals surface area contributed by atoms with E-state index in [1.165, 1.54) is 12.7 Å². The van der Waals surface area contributed by atoms with E-state index in [2.05, 4.69) is 47.5 Å². The lowest BCUT2D eigenvalue weighted by Crippen LogP contribution is -2.20. The lowest BCUT2D eigenvalue weighted by molar-refractivity contribution is 0.0960. The largest absolute Gasteiger partial charge is 0.369 e. The fraction of sp³-hybridized carbons (Fsp3) is 0.227. The third-order valence-corrected chi connectivity index (χ3v) is 5.00. The summed E-state index contributed by atoms with van der Waals surface area (Å²) in [5.74, 6) is 1.29. The van der Waals surface area contributed by atoms with Crippen LogP contribution in [0.15, 0.2) is 49.3 Å². The monoisotopic (exact) mass is 414 g/mol. The van der Waals surface area contributed by atoms with E-state index < -0.39 is 0 Å². The Morgan fingerprint density at radius 3 is 2.58 bits per heavy atom. The van der Waals surface area contributed by atoms with Gasteiger partial charge in [0.05, 0.1) is 11.2 Å². The number of rotatable bonds is 6. The van der Waals surface area contributed by atoms with Crippen molar-refractivity contribution in [3.05, 3.63) is 66.4 Å². The van der Waals surface area contributed by atoms with Gasteiger partial charge in [-0.1, -0.05) is 25.1 Å². The highest BCUT2D eigenvalue weighted by atomic mass is 16.1. The highest BCUT2D eigenvalue weighted by molar-refractivity contribution is 6.04. The summed E-state index contributed by atoms with van der Waals surface area (Å²) in [6.07, 6.45) is 6.44. The average molecular weight is 414 g/mol. The van der Waals surface area contributed by atoms with Gasteiger partial charge in [-0.15, -0.1) is 0 Å². The third kappa shape index (κ3) is 4.30. The number of aryl methyl sites for hydroxylation is 1. The van der Waals surface area contributed by atoms with Crippen LogP contribution in [0.25, 0.3) is 22.2 Å². The number of amides is 1. The first kappa shape index (κ1) is 20.3. The molecule has 9 nitrogen and oxygen atoms in total. The molecule has 3 aromatic heterocycles. The number of fused-ring (bicyclic) bond motifs is 1. The zero-order valence-electron chi connectivity index (χ0n) is 17.5. The van der Waals surface area contributed by atoms with Crippen molar-refractivity contribution < 1.29 is 4.79 Å². The molecule has 4 aromatic rings. The van der Waals surface area contributed by atoms with E-state index in [4.69, 9.17) is 0 Å². The number of carbonyl (C=O) groups excluding carboxylic acids is 1. The van der Waals surface area contributed by atoms with Gasteiger partial charge in [-0.05, 0) is 12.5 Å². The van der Waals surface area contributed by atoms with Crippen molar-refractivity contribution in [1.29, 1.82) is 0 Å². The third-order valence-electron chi connectivity index (χ3n) is 5.00. The van der Waals surface area contributed by atoms with Crippen molar-refractivity contribution in [1.82, 2.24) is 35.2 Å². The second-order valence-corrected chi connectivity index (χ2v) is 7.13. The van der Waals surface area contributed by atoms with Gasteiger partial charge in [0.1, 0.15) is 30.0 Å². The zero-order chi connectivity index (χ0) is 21.8. The molecule has 4 rings (SSSR count). The van der Waals surface area contributed by atoms with E-state index in [-0.39, 0.29) is 11.8 Å². The van der Waals surface area contributed by atoms with Gasteiger partial charge in [-0.25, -0.2) is 29.9 Å². The first-order chi connectivity index (χ1) is 15.1. The molecule has 0 saturated heterocycles. The molecular weight excluding hydrogens is 392 g/mol. The number of carbonyl (C=O) groups is 1. The molecule has 0 unspecified atom stereocenters. The number of benzene rings is 1. The number of hydrogen-bond donors (Lipinski definition) is 2. The number of nitrogens with one attached hydrogen (secondary N) is 2. The van der Waals surface area contributed by atoms with Gasteiger partial charge in [0.2, 0.25) is 0 Å². The Morgan fingerprint density at radius 2 is 1.81 bits per heavy atom. The second kappa shape index (κ2) is 8.78. The van der Waals surface area contributed by atoms with Crippen LogP contribution >= 0.6 is 0 Å². The molecule has 0 radical (unpaired) electrons. The first-order valence-electron chi connectivity index (χ1n) is 9.87. The van der Waals surface area contributed by atoms with Gasteiger partial charge in [0.25, 0.3) is 5.91 Å². The van der Waals surface area contributed by atoms with E-state index in [1.807, 2.05) is 31.2 Å². The predicted octanol–water partition coefficient (Wildman–Crippen LogP) is 2.76. The maximum absolute atomic E-state index is 12.1. The van der Waals surface area contributed by atoms with Crippen LogP contribution in [0.3, 0.4) is 0 Å². The lowest BCUT2D eigenvalue weighted by atomic mass is 9.97. The molecule has 1 amide bonds. The van der Waals surface area contributed by atoms with Crippen molar-refractivity contribution in [2.24, 2.45) is 0 Å². The number of para-hydroxylation sites is 1. The number of hydrogen-bond acceptors (Lipinski definition) is 8. The van der Waals surface area contributed by atoms with Crippen molar-refractivity contribution >= 4 is 22.6 Å². The Hall–Kier alpha value is -4.01. The molecule has 0 bridgehead atoms. The Kier molecular flexibility index (Phi) is 5.74. The molecule has 0 aliphatic rings. The summed E-state index contributed by atoms with van der Waals surface area (Å²) in [5, 5.41) is 6.72. The van der Waals surface area contributed by atoms with Crippen LogP contribution in [-0.4, -0.2) is 49.4 Å². The quantitative estimate of drug-likeness (QED) is 0.494. The topological polar surface area (TPSA) is 118 Å². The van der Waals surface area contributed by atoms with Crippen LogP contribution in [-0.2, 0) is 0 Å². The van der Waals surface area contributed by atoms with Gasteiger partial charge in [-0.2, -0.15) is 0 Å². The summed E-state index contributed by atoms with van der Waals surface area (Å²) in [4.78, 5) is 37.8. The Balaban J connectivity index is 1.55. The Labute approximate surface area is 179 Å². The van der Waals surface area contributed by atoms with E-state index in [0.717, 1.165) is 27.7 Å². The molecule has 3 heterocycles. The van der Waals surface area contributed by atoms with Crippen molar-refractivity contribution in [2.75, 3.05) is 18.9 Å². The normalized spacial score (nSPS) is 11.8. The van der Waals surface area contributed by atoms with Crippen LogP contribution in [0, 0.1) is 6.92 Å². The van der Waals surface area contributed by atoms with Crippen LogP contribution in [0.1, 0.15) is 34.7 Å². The second-order valence-electron chi connectivity index (χ2n) is 7.13. The molecule has 9 heteroatoms. The minimum atomic E-state index is -0.232.